The van der Waals surface area contributed by atoms with E-state index in [0.29, 0.717) is 30.4 Å². The highest BCUT2D eigenvalue weighted by Crippen LogP contribution is 2.19. The lowest BCUT2D eigenvalue weighted by Gasteiger charge is -2.09. The van der Waals surface area contributed by atoms with Gasteiger partial charge >= 0.3 is 0 Å². The Bertz CT molecular complexity index is 1010. The molecule has 6 nitrogen and oxygen atoms in total. The standard InChI is InChI=1S/C22H22ClN3O3/c1-2-29-19-9-5-17(6-10-19)20-14-22(28)26(15-25-20)12-11-24-21(27)13-16-3-7-18(23)8-4-16/h3-10,14-15H,2,11-13H2,1H3,(H,24,27). The van der Waals surface area contributed by atoms with Crippen LogP contribution in [-0.2, 0) is 17.8 Å². The van der Waals surface area contributed by atoms with Crippen LogP contribution in [0, 0.1) is 0 Å². The predicted molar refractivity (Wildman–Crippen MR) is 113 cm³/mol. The van der Waals surface area contributed by atoms with Crippen LogP contribution in [0.2, 0.25) is 5.02 Å². The number of amides is 1. The van der Waals surface area contributed by atoms with Crippen LogP contribution in [0.5, 0.6) is 5.75 Å². The molecule has 0 saturated carbocycles. The Labute approximate surface area is 174 Å². The first-order valence-corrected chi connectivity index (χ1v) is 9.74. The summed E-state index contributed by atoms with van der Waals surface area (Å²) in [6.07, 6.45) is 1.76. The zero-order valence-corrected chi connectivity index (χ0v) is 16.9. The highest BCUT2D eigenvalue weighted by Gasteiger charge is 2.06. The van der Waals surface area contributed by atoms with Crippen LogP contribution in [0.3, 0.4) is 0 Å². The van der Waals surface area contributed by atoms with Crippen molar-refractivity contribution in [1.82, 2.24) is 14.9 Å². The summed E-state index contributed by atoms with van der Waals surface area (Å²) in [6, 6.07) is 16.1. The van der Waals surface area contributed by atoms with E-state index in [2.05, 4.69) is 10.3 Å². The summed E-state index contributed by atoms with van der Waals surface area (Å²) in [5, 5.41) is 3.45. The Morgan fingerprint density at radius 3 is 2.52 bits per heavy atom. The van der Waals surface area contributed by atoms with E-state index in [9.17, 15) is 9.59 Å². The van der Waals surface area contributed by atoms with E-state index < -0.39 is 0 Å². The number of nitrogens with one attached hydrogen (secondary N) is 1. The largest absolute Gasteiger partial charge is 0.494 e. The van der Waals surface area contributed by atoms with Gasteiger partial charge in [0, 0.05) is 29.7 Å². The summed E-state index contributed by atoms with van der Waals surface area (Å²) < 4.78 is 6.89. The Morgan fingerprint density at radius 1 is 1.14 bits per heavy atom. The number of hydrogen-bond acceptors (Lipinski definition) is 4. The molecule has 0 spiro atoms. The van der Waals surface area contributed by atoms with Crippen LogP contribution in [0.4, 0.5) is 0 Å². The molecule has 0 bridgehead atoms. The number of rotatable bonds is 8. The lowest BCUT2D eigenvalue weighted by atomic mass is 10.1. The molecule has 0 saturated heterocycles. The molecule has 0 aliphatic heterocycles. The van der Waals surface area contributed by atoms with Gasteiger partial charge in [-0.25, -0.2) is 4.98 Å². The van der Waals surface area contributed by atoms with Gasteiger partial charge in [0.15, 0.2) is 0 Å². The molecule has 3 rings (SSSR count). The third-order valence-electron chi connectivity index (χ3n) is 4.29. The highest BCUT2D eigenvalue weighted by molar-refractivity contribution is 6.30. The van der Waals surface area contributed by atoms with Crippen LogP contribution in [0.15, 0.2) is 65.7 Å². The normalized spacial score (nSPS) is 10.6. The van der Waals surface area contributed by atoms with Gasteiger partial charge in [-0.15, -0.1) is 0 Å². The van der Waals surface area contributed by atoms with Crippen molar-refractivity contribution in [3.63, 3.8) is 0 Å². The van der Waals surface area contributed by atoms with Gasteiger partial charge in [-0.2, -0.15) is 0 Å². The van der Waals surface area contributed by atoms with Gasteiger partial charge in [-0.3, -0.25) is 14.2 Å². The maximum absolute atomic E-state index is 12.4. The second-order valence-electron chi connectivity index (χ2n) is 6.42. The number of benzene rings is 2. The molecule has 150 valence electrons. The number of ether oxygens (including phenoxy) is 1. The van der Waals surface area contributed by atoms with Crippen molar-refractivity contribution >= 4 is 17.5 Å². The Kier molecular flexibility index (Phi) is 7.03. The first-order chi connectivity index (χ1) is 14.0. The van der Waals surface area contributed by atoms with Gasteiger partial charge in [0.05, 0.1) is 25.0 Å². The molecule has 0 atom stereocenters. The van der Waals surface area contributed by atoms with E-state index in [-0.39, 0.29) is 17.9 Å². The average molecular weight is 412 g/mol. The minimum absolute atomic E-state index is 0.112. The van der Waals surface area contributed by atoms with Gasteiger partial charge in [-0.1, -0.05) is 23.7 Å². The van der Waals surface area contributed by atoms with Crippen LogP contribution < -0.4 is 15.6 Å². The molecule has 1 aromatic heterocycles. The van der Waals surface area contributed by atoms with Gasteiger partial charge in [0.25, 0.3) is 5.56 Å². The molecule has 0 unspecified atom stereocenters. The maximum Gasteiger partial charge on any atom is 0.253 e. The zero-order chi connectivity index (χ0) is 20.6. The molecule has 0 aliphatic carbocycles. The number of nitrogens with zero attached hydrogens (tertiary/aromatic N) is 2. The second kappa shape index (κ2) is 9.89. The monoisotopic (exact) mass is 411 g/mol. The quantitative estimate of drug-likeness (QED) is 0.617. The molecule has 0 fully saturated rings. The van der Waals surface area contributed by atoms with E-state index in [0.717, 1.165) is 16.9 Å². The van der Waals surface area contributed by atoms with Crippen molar-refractivity contribution in [1.29, 1.82) is 0 Å². The van der Waals surface area contributed by atoms with Crippen molar-refractivity contribution < 1.29 is 9.53 Å². The summed E-state index contributed by atoms with van der Waals surface area (Å²) >= 11 is 5.84. The summed E-state index contributed by atoms with van der Waals surface area (Å²) in [7, 11) is 0. The highest BCUT2D eigenvalue weighted by atomic mass is 35.5. The van der Waals surface area contributed by atoms with Gasteiger partial charge in [0.1, 0.15) is 5.75 Å². The molecular formula is C22H22ClN3O3. The number of carbonyl (C=O) groups excluding carboxylic acids is 1. The molecule has 0 aliphatic rings. The lowest BCUT2D eigenvalue weighted by Crippen LogP contribution is -2.31. The van der Waals surface area contributed by atoms with Crippen LogP contribution in [-0.4, -0.2) is 28.6 Å². The van der Waals surface area contributed by atoms with E-state index >= 15 is 0 Å². The Morgan fingerprint density at radius 2 is 1.86 bits per heavy atom. The predicted octanol–water partition coefficient (Wildman–Crippen LogP) is 3.32. The van der Waals surface area contributed by atoms with E-state index in [4.69, 9.17) is 16.3 Å². The molecule has 3 aromatic rings. The summed E-state index contributed by atoms with van der Waals surface area (Å²) in [6.45, 7) is 3.22. The van der Waals surface area contributed by atoms with Crippen LogP contribution in [0.25, 0.3) is 11.3 Å². The van der Waals surface area contributed by atoms with Crippen LogP contribution in [0.1, 0.15) is 12.5 Å². The molecule has 0 radical (unpaired) electrons. The maximum atomic E-state index is 12.4. The number of aromatic nitrogens is 2. The van der Waals surface area contributed by atoms with Crippen molar-refractivity contribution in [2.24, 2.45) is 0 Å². The topological polar surface area (TPSA) is 73.2 Å². The minimum Gasteiger partial charge on any atom is -0.494 e. The third kappa shape index (κ3) is 5.93. The SMILES string of the molecule is CCOc1ccc(-c2cc(=O)n(CCNC(=O)Cc3ccc(Cl)cc3)cn2)cc1. The molecule has 7 heteroatoms. The molecule has 1 heterocycles. The molecule has 1 amide bonds. The Balaban J connectivity index is 1.54. The van der Waals surface area contributed by atoms with Gasteiger partial charge < -0.3 is 10.1 Å². The molecule has 2 aromatic carbocycles. The van der Waals surface area contributed by atoms with Gasteiger partial charge in [-0.05, 0) is 48.9 Å². The van der Waals surface area contributed by atoms with Crippen LogP contribution >= 0.6 is 11.6 Å². The number of hydrogen-bond donors (Lipinski definition) is 1. The average Bonchev–Trinajstić information content (AvgIpc) is 2.72. The number of halogens is 1. The molecule has 29 heavy (non-hydrogen) atoms. The van der Waals surface area contributed by atoms with Crippen molar-refractivity contribution in [3.8, 4) is 17.0 Å². The van der Waals surface area contributed by atoms with Crippen molar-refractivity contribution in [2.75, 3.05) is 13.2 Å². The first-order valence-electron chi connectivity index (χ1n) is 9.36. The second-order valence-corrected chi connectivity index (χ2v) is 6.85. The van der Waals surface area contributed by atoms with E-state index in [1.54, 1.807) is 12.1 Å². The molecule has 1 N–H and O–H groups in total. The fourth-order valence-corrected chi connectivity index (χ4v) is 2.93. The third-order valence-corrected chi connectivity index (χ3v) is 4.55. The van der Waals surface area contributed by atoms with E-state index in [1.165, 1.54) is 17.0 Å². The van der Waals surface area contributed by atoms with E-state index in [1.807, 2.05) is 43.3 Å². The summed E-state index contributed by atoms with van der Waals surface area (Å²) in [5.41, 5.74) is 2.15. The lowest BCUT2D eigenvalue weighted by molar-refractivity contribution is -0.120. The summed E-state index contributed by atoms with van der Waals surface area (Å²) in [4.78, 5) is 28.7. The van der Waals surface area contributed by atoms with Crippen molar-refractivity contribution in [2.45, 2.75) is 19.9 Å². The Hall–Kier alpha value is -3.12. The van der Waals surface area contributed by atoms with Gasteiger partial charge in [0.2, 0.25) is 5.91 Å². The minimum atomic E-state index is -0.171. The smallest absolute Gasteiger partial charge is 0.253 e. The van der Waals surface area contributed by atoms with Crippen molar-refractivity contribution in [3.05, 3.63) is 81.9 Å². The first kappa shape index (κ1) is 20.6. The fourth-order valence-electron chi connectivity index (χ4n) is 2.81. The molecular weight excluding hydrogens is 390 g/mol. The fraction of sp³-hybridized carbons (Fsp3) is 0.227. The zero-order valence-electron chi connectivity index (χ0n) is 16.1. The summed E-state index contributed by atoms with van der Waals surface area (Å²) in [5.74, 6) is 0.665. The number of carbonyl (C=O) groups is 1.